The molecule has 0 bridgehead atoms. The molecule has 20 heavy (non-hydrogen) atoms. The van der Waals surface area contributed by atoms with Gasteiger partial charge in [0.1, 0.15) is 0 Å². The number of nitrogens with one attached hydrogen (secondary N) is 1. The molecule has 1 N–H and O–H groups in total. The van der Waals surface area contributed by atoms with Gasteiger partial charge in [0.15, 0.2) is 0 Å². The second kappa shape index (κ2) is 6.27. The van der Waals surface area contributed by atoms with E-state index in [4.69, 9.17) is 0 Å². The molecule has 0 radical (unpaired) electrons. The van der Waals surface area contributed by atoms with E-state index >= 15 is 0 Å². The van der Waals surface area contributed by atoms with Crippen LogP contribution in [0.15, 0.2) is 22.7 Å². The fourth-order valence-electron chi connectivity index (χ4n) is 2.60. The Balaban J connectivity index is 1.95. The van der Waals surface area contributed by atoms with E-state index in [-0.39, 0.29) is 11.3 Å². The summed E-state index contributed by atoms with van der Waals surface area (Å²) in [7, 11) is 2.16. The number of carbonyl (C=O) groups is 1. The molecule has 1 aliphatic heterocycles. The topological polar surface area (TPSA) is 32.3 Å². The monoisotopic (exact) mass is 338 g/mol. The first kappa shape index (κ1) is 15.5. The molecule has 0 spiro atoms. The van der Waals surface area contributed by atoms with Crippen molar-refractivity contribution in [1.29, 1.82) is 0 Å². The molecule has 1 amide bonds. The van der Waals surface area contributed by atoms with Gasteiger partial charge < -0.3 is 10.2 Å². The van der Waals surface area contributed by atoms with Gasteiger partial charge in [0.2, 0.25) is 0 Å². The van der Waals surface area contributed by atoms with Crippen LogP contribution in [0.2, 0.25) is 0 Å². The number of hydrogen-bond donors (Lipinski definition) is 1. The number of carbonyl (C=O) groups excluding carboxylic acids is 1. The van der Waals surface area contributed by atoms with Crippen molar-refractivity contribution in [1.82, 2.24) is 10.2 Å². The summed E-state index contributed by atoms with van der Waals surface area (Å²) in [4.78, 5) is 14.6. The summed E-state index contributed by atoms with van der Waals surface area (Å²) in [5.41, 5.74) is 2.05. The Kier molecular flexibility index (Phi) is 4.86. The van der Waals surface area contributed by atoms with Crippen molar-refractivity contribution < 1.29 is 4.79 Å². The molecular weight excluding hydrogens is 316 g/mol. The zero-order valence-electron chi connectivity index (χ0n) is 12.5. The van der Waals surface area contributed by atoms with Crippen LogP contribution in [0.5, 0.6) is 0 Å². The van der Waals surface area contributed by atoms with Crippen molar-refractivity contribution in [3.05, 3.63) is 33.8 Å². The molecule has 1 aliphatic rings. The van der Waals surface area contributed by atoms with E-state index in [1.807, 2.05) is 25.1 Å². The molecule has 1 aromatic carbocycles. The maximum atomic E-state index is 12.3. The largest absolute Gasteiger partial charge is 0.351 e. The summed E-state index contributed by atoms with van der Waals surface area (Å²) in [6.45, 7) is 7.25. The van der Waals surface area contributed by atoms with Crippen LogP contribution in [0, 0.1) is 12.3 Å². The average molecular weight is 339 g/mol. The van der Waals surface area contributed by atoms with Crippen LogP contribution in [-0.4, -0.2) is 37.5 Å². The molecule has 0 saturated carbocycles. The normalized spacial score (nSPS) is 18.8. The fraction of sp³-hybridized carbons (Fsp3) is 0.562. The number of piperidine rings is 1. The van der Waals surface area contributed by atoms with Crippen molar-refractivity contribution in [2.75, 3.05) is 26.7 Å². The van der Waals surface area contributed by atoms with E-state index in [1.165, 1.54) is 0 Å². The highest BCUT2D eigenvalue weighted by Gasteiger charge is 2.29. The lowest BCUT2D eigenvalue weighted by atomic mass is 9.80. The van der Waals surface area contributed by atoms with Gasteiger partial charge in [-0.05, 0) is 69.1 Å². The number of aryl methyl sites for hydroxylation is 1. The smallest absolute Gasteiger partial charge is 0.251 e. The van der Waals surface area contributed by atoms with E-state index in [1.54, 1.807) is 0 Å². The number of rotatable bonds is 3. The molecule has 4 heteroatoms. The Labute approximate surface area is 129 Å². The molecule has 0 aliphatic carbocycles. The number of likely N-dealkylation sites (tertiary alicyclic amines) is 1. The molecule has 1 saturated heterocycles. The molecule has 110 valence electrons. The van der Waals surface area contributed by atoms with Crippen molar-refractivity contribution in [2.45, 2.75) is 26.7 Å². The molecule has 1 fully saturated rings. The lowest BCUT2D eigenvalue weighted by molar-refractivity contribution is 0.0891. The molecule has 3 nitrogen and oxygen atoms in total. The predicted octanol–water partition coefficient (Wildman–Crippen LogP) is 3.22. The Bertz CT molecular complexity index is 473. The van der Waals surface area contributed by atoms with Gasteiger partial charge in [-0.2, -0.15) is 0 Å². The lowest BCUT2D eigenvalue weighted by Gasteiger charge is -2.37. The van der Waals surface area contributed by atoms with E-state index in [0.717, 1.165) is 48.1 Å². The average Bonchev–Trinajstić information content (AvgIpc) is 2.39. The second-order valence-corrected chi connectivity index (χ2v) is 7.23. The zero-order valence-corrected chi connectivity index (χ0v) is 14.1. The maximum absolute atomic E-state index is 12.3. The minimum atomic E-state index is 0.0227. The number of nitrogens with zero attached hydrogens (tertiary/aromatic N) is 1. The van der Waals surface area contributed by atoms with Crippen LogP contribution >= 0.6 is 15.9 Å². The standard InChI is InChI=1S/C16H23BrN2O/c1-12-8-13(10-14(17)9-12)15(20)18-11-16(2)4-6-19(3)7-5-16/h8-10H,4-7,11H2,1-3H3,(H,18,20). The van der Waals surface area contributed by atoms with E-state index in [9.17, 15) is 4.79 Å². The summed E-state index contributed by atoms with van der Waals surface area (Å²) >= 11 is 3.44. The third-order valence-electron chi connectivity index (χ3n) is 4.17. The Morgan fingerprint density at radius 3 is 2.60 bits per heavy atom. The van der Waals surface area contributed by atoms with Crippen LogP contribution < -0.4 is 5.32 Å². The molecule has 0 aromatic heterocycles. The molecule has 1 aromatic rings. The van der Waals surface area contributed by atoms with Gasteiger partial charge in [0, 0.05) is 16.6 Å². The van der Waals surface area contributed by atoms with Crippen molar-refractivity contribution in [2.24, 2.45) is 5.41 Å². The lowest BCUT2D eigenvalue weighted by Crippen LogP contribution is -2.43. The van der Waals surface area contributed by atoms with Crippen LogP contribution in [-0.2, 0) is 0 Å². The molecule has 0 unspecified atom stereocenters. The van der Waals surface area contributed by atoms with E-state index < -0.39 is 0 Å². The van der Waals surface area contributed by atoms with Gasteiger partial charge in [-0.3, -0.25) is 4.79 Å². The fourth-order valence-corrected chi connectivity index (χ4v) is 3.21. The Morgan fingerprint density at radius 2 is 2.00 bits per heavy atom. The van der Waals surface area contributed by atoms with Gasteiger partial charge in [0.25, 0.3) is 5.91 Å². The highest BCUT2D eigenvalue weighted by Crippen LogP contribution is 2.29. The minimum absolute atomic E-state index is 0.0227. The Hall–Kier alpha value is -0.870. The summed E-state index contributed by atoms with van der Waals surface area (Å²) in [5, 5.41) is 3.10. The first-order valence-electron chi connectivity index (χ1n) is 7.12. The SMILES string of the molecule is Cc1cc(Br)cc(C(=O)NCC2(C)CCN(C)CC2)c1. The summed E-state index contributed by atoms with van der Waals surface area (Å²) in [6, 6.07) is 5.81. The maximum Gasteiger partial charge on any atom is 0.251 e. The number of amides is 1. The van der Waals surface area contributed by atoms with E-state index in [0.29, 0.717) is 0 Å². The number of hydrogen-bond acceptors (Lipinski definition) is 2. The second-order valence-electron chi connectivity index (χ2n) is 6.31. The number of halogens is 1. The van der Waals surface area contributed by atoms with E-state index in [2.05, 4.69) is 40.1 Å². The quantitative estimate of drug-likeness (QED) is 0.917. The predicted molar refractivity (Wildman–Crippen MR) is 86.1 cm³/mol. The van der Waals surface area contributed by atoms with Gasteiger partial charge in [-0.1, -0.05) is 22.9 Å². The minimum Gasteiger partial charge on any atom is -0.351 e. The highest BCUT2D eigenvalue weighted by molar-refractivity contribution is 9.10. The first-order valence-corrected chi connectivity index (χ1v) is 7.91. The molecule has 1 heterocycles. The third-order valence-corrected chi connectivity index (χ3v) is 4.63. The molecule has 0 atom stereocenters. The van der Waals surface area contributed by atoms with Gasteiger partial charge in [-0.25, -0.2) is 0 Å². The summed E-state index contributed by atoms with van der Waals surface area (Å²) in [6.07, 6.45) is 2.28. The number of benzene rings is 1. The van der Waals surface area contributed by atoms with Crippen LogP contribution in [0.25, 0.3) is 0 Å². The van der Waals surface area contributed by atoms with Crippen LogP contribution in [0.3, 0.4) is 0 Å². The summed E-state index contributed by atoms with van der Waals surface area (Å²) < 4.78 is 0.952. The first-order chi connectivity index (χ1) is 9.38. The van der Waals surface area contributed by atoms with Gasteiger partial charge >= 0.3 is 0 Å². The van der Waals surface area contributed by atoms with Crippen LogP contribution in [0.1, 0.15) is 35.7 Å². The van der Waals surface area contributed by atoms with Gasteiger partial charge in [-0.15, -0.1) is 0 Å². The zero-order chi connectivity index (χ0) is 14.8. The third kappa shape index (κ3) is 4.06. The van der Waals surface area contributed by atoms with Crippen LogP contribution in [0.4, 0.5) is 0 Å². The molecular formula is C16H23BrN2O. The van der Waals surface area contributed by atoms with Crippen molar-refractivity contribution in [3.63, 3.8) is 0 Å². The molecule has 2 rings (SSSR count). The Morgan fingerprint density at radius 1 is 1.35 bits per heavy atom. The van der Waals surface area contributed by atoms with Crippen molar-refractivity contribution in [3.8, 4) is 0 Å². The van der Waals surface area contributed by atoms with Crippen molar-refractivity contribution >= 4 is 21.8 Å². The van der Waals surface area contributed by atoms with Gasteiger partial charge in [0.05, 0.1) is 0 Å². The summed E-state index contributed by atoms with van der Waals surface area (Å²) in [5.74, 6) is 0.0227. The highest BCUT2D eigenvalue weighted by atomic mass is 79.9.